The van der Waals surface area contributed by atoms with Crippen LogP contribution in [-0.4, -0.2) is 41.7 Å². The Morgan fingerprint density at radius 1 is 1.48 bits per heavy atom. The molecule has 7 heteroatoms. The predicted octanol–water partition coefficient (Wildman–Crippen LogP) is 2.14. The first-order valence-corrected chi connectivity index (χ1v) is 6.76. The Bertz CT molecular complexity index is 601. The molecule has 0 fully saturated rings. The van der Waals surface area contributed by atoms with Gasteiger partial charge in [-0.05, 0) is 31.3 Å². The first-order chi connectivity index (χ1) is 10.1. The molecule has 0 aliphatic heterocycles. The number of aromatic amines is 1. The molecule has 0 bridgehead atoms. The number of nitrogens with one attached hydrogen (secondary N) is 2. The summed E-state index contributed by atoms with van der Waals surface area (Å²) in [5, 5.41) is 9.98. The number of H-pyrrole nitrogens is 1. The van der Waals surface area contributed by atoms with Crippen molar-refractivity contribution in [3.05, 3.63) is 41.2 Å². The molecule has 0 saturated carbocycles. The molecule has 6 nitrogen and oxygen atoms in total. The monoisotopic (exact) mass is 308 g/mol. The molecule has 0 saturated heterocycles. The summed E-state index contributed by atoms with van der Waals surface area (Å²) in [4.78, 5) is 13.8. The number of nitrogens with zero attached hydrogens (tertiary/aromatic N) is 2. The predicted molar refractivity (Wildman–Crippen MR) is 81.6 cm³/mol. The highest BCUT2D eigenvalue weighted by molar-refractivity contribution is 6.32. The standard InChI is InChI=1S/C14H17ClN4O2/c1-19(8-11-5-6-16-18-11)9-14(20)17-10-3-4-13(21-2)12(15)7-10/h3-7H,8-9H2,1-2H3,(H,16,18)(H,17,20). The van der Waals surface area contributed by atoms with Gasteiger partial charge in [0.1, 0.15) is 5.75 Å². The van der Waals surface area contributed by atoms with E-state index in [1.165, 1.54) is 0 Å². The smallest absolute Gasteiger partial charge is 0.238 e. The lowest BCUT2D eigenvalue weighted by Gasteiger charge is -2.15. The minimum absolute atomic E-state index is 0.113. The van der Waals surface area contributed by atoms with Crippen molar-refractivity contribution >= 4 is 23.2 Å². The SMILES string of the molecule is COc1ccc(NC(=O)CN(C)Cc2ccn[nH]2)cc1Cl. The molecule has 0 aliphatic carbocycles. The molecule has 1 heterocycles. The Morgan fingerprint density at radius 3 is 2.90 bits per heavy atom. The van der Waals surface area contributed by atoms with E-state index in [1.54, 1.807) is 31.5 Å². The fraction of sp³-hybridized carbons (Fsp3) is 0.286. The number of hydrogen-bond acceptors (Lipinski definition) is 4. The lowest BCUT2D eigenvalue weighted by Crippen LogP contribution is -2.29. The van der Waals surface area contributed by atoms with Gasteiger partial charge in [0.25, 0.3) is 0 Å². The van der Waals surface area contributed by atoms with E-state index in [-0.39, 0.29) is 12.5 Å². The Kier molecular flexibility index (Phi) is 5.19. The maximum Gasteiger partial charge on any atom is 0.238 e. The molecule has 21 heavy (non-hydrogen) atoms. The van der Waals surface area contributed by atoms with E-state index >= 15 is 0 Å². The van der Waals surface area contributed by atoms with E-state index in [2.05, 4.69) is 15.5 Å². The Hall–Kier alpha value is -2.05. The molecule has 0 atom stereocenters. The van der Waals surface area contributed by atoms with Gasteiger partial charge in [-0.15, -0.1) is 0 Å². The van der Waals surface area contributed by atoms with Gasteiger partial charge < -0.3 is 10.1 Å². The van der Waals surface area contributed by atoms with Crippen LogP contribution in [0.2, 0.25) is 5.02 Å². The molecular weight excluding hydrogens is 292 g/mol. The van der Waals surface area contributed by atoms with Crippen molar-refractivity contribution in [2.75, 3.05) is 26.0 Å². The molecule has 1 aromatic heterocycles. The highest BCUT2D eigenvalue weighted by atomic mass is 35.5. The maximum absolute atomic E-state index is 12.0. The van der Waals surface area contributed by atoms with Gasteiger partial charge >= 0.3 is 0 Å². The van der Waals surface area contributed by atoms with Gasteiger partial charge in [0.05, 0.1) is 18.7 Å². The van der Waals surface area contributed by atoms with Crippen molar-refractivity contribution in [3.8, 4) is 5.75 Å². The lowest BCUT2D eigenvalue weighted by atomic mass is 10.3. The summed E-state index contributed by atoms with van der Waals surface area (Å²) in [6.45, 7) is 0.888. The molecule has 0 radical (unpaired) electrons. The average Bonchev–Trinajstić information content (AvgIpc) is 2.91. The minimum atomic E-state index is -0.113. The van der Waals surface area contributed by atoms with Crippen LogP contribution in [0, 0.1) is 0 Å². The number of hydrogen-bond donors (Lipinski definition) is 2. The second-order valence-electron chi connectivity index (χ2n) is 4.65. The average molecular weight is 309 g/mol. The van der Waals surface area contributed by atoms with Crippen molar-refractivity contribution in [2.24, 2.45) is 0 Å². The zero-order valence-electron chi connectivity index (χ0n) is 11.9. The van der Waals surface area contributed by atoms with Gasteiger partial charge in [-0.25, -0.2) is 0 Å². The van der Waals surface area contributed by atoms with Crippen molar-refractivity contribution in [1.29, 1.82) is 0 Å². The largest absolute Gasteiger partial charge is 0.495 e. The van der Waals surface area contributed by atoms with Crippen LogP contribution in [0.5, 0.6) is 5.75 Å². The number of anilines is 1. The molecule has 2 N–H and O–H groups in total. The van der Waals surface area contributed by atoms with Gasteiger partial charge in [-0.1, -0.05) is 11.6 Å². The second-order valence-corrected chi connectivity index (χ2v) is 5.06. The number of halogens is 1. The number of amides is 1. The van der Waals surface area contributed by atoms with E-state index in [9.17, 15) is 4.79 Å². The number of aromatic nitrogens is 2. The quantitative estimate of drug-likeness (QED) is 0.858. The zero-order chi connectivity index (χ0) is 15.2. The number of ether oxygens (including phenoxy) is 1. The first-order valence-electron chi connectivity index (χ1n) is 6.38. The molecule has 2 aromatic rings. The number of methoxy groups -OCH3 is 1. The highest BCUT2D eigenvalue weighted by Gasteiger charge is 2.09. The Balaban J connectivity index is 1.87. The summed E-state index contributed by atoms with van der Waals surface area (Å²) in [7, 11) is 3.41. The summed E-state index contributed by atoms with van der Waals surface area (Å²) in [5.41, 5.74) is 1.60. The summed E-state index contributed by atoms with van der Waals surface area (Å²) < 4.78 is 5.07. The van der Waals surface area contributed by atoms with Crippen molar-refractivity contribution < 1.29 is 9.53 Å². The maximum atomic E-state index is 12.0. The van der Waals surface area contributed by atoms with Gasteiger partial charge in [0, 0.05) is 24.1 Å². The van der Waals surface area contributed by atoms with Gasteiger partial charge in [0.15, 0.2) is 0 Å². The summed E-state index contributed by atoms with van der Waals surface area (Å²) in [6, 6.07) is 6.99. The van der Waals surface area contributed by atoms with Crippen molar-refractivity contribution in [1.82, 2.24) is 15.1 Å². The van der Waals surface area contributed by atoms with Crippen LogP contribution < -0.4 is 10.1 Å². The molecule has 112 valence electrons. The number of likely N-dealkylation sites (N-methyl/N-ethyl adjacent to an activating group) is 1. The van der Waals surface area contributed by atoms with E-state index in [1.807, 2.05) is 18.0 Å². The molecule has 0 aliphatic rings. The third kappa shape index (κ3) is 4.47. The van der Waals surface area contributed by atoms with Crippen LogP contribution in [0.15, 0.2) is 30.5 Å². The topological polar surface area (TPSA) is 70.2 Å². The molecule has 0 spiro atoms. The minimum Gasteiger partial charge on any atom is -0.495 e. The second kappa shape index (κ2) is 7.10. The fourth-order valence-corrected chi connectivity index (χ4v) is 2.17. The van der Waals surface area contributed by atoms with Crippen molar-refractivity contribution in [2.45, 2.75) is 6.54 Å². The summed E-state index contributed by atoms with van der Waals surface area (Å²) >= 11 is 6.02. The zero-order valence-corrected chi connectivity index (χ0v) is 12.6. The van der Waals surface area contributed by atoms with Gasteiger partial charge in [-0.3, -0.25) is 14.8 Å². The van der Waals surface area contributed by atoms with Crippen LogP contribution in [-0.2, 0) is 11.3 Å². The molecule has 2 rings (SSSR count). The Morgan fingerprint density at radius 2 is 2.29 bits per heavy atom. The number of carbonyl (C=O) groups excluding carboxylic acids is 1. The van der Waals surface area contributed by atoms with Crippen molar-refractivity contribution in [3.63, 3.8) is 0 Å². The van der Waals surface area contributed by atoms with E-state index in [0.717, 1.165) is 5.69 Å². The van der Waals surface area contributed by atoms with Crippen LogP contribution >= 0.6 is 11.6 Å². The third-order valence-corrected chi connectivity index (χ3v) is 3.14. The highest BCUT2D eigenvalue weighted by Crippen LogP contribution is 2.27. The number of benzene rings is 1. The number of carbonyl (C=O) groups is 1. The van der Waals surface area contributed by atoms with E-state index < -0.39 is 0 Å². The molecule has 0 unspecified atom stereocenters. The molecular formula is C14H17ClN4O2. The first kappa shape index (κ1) is 15.3. The van der Waals surface area contributed by atoms with E-state index in [4.69, 9.17) is 16.3 Å². The third-order valence-electron chi connectivity index (χ3n) is 2.85. The molecule has 1 amide bonds. The summed E-state index contributed by atoms with van der Waals surface area (Å²) in [6.07, 6.45) is 1.68. The van der Waals surface area contributed by atoms with Crippen LogP contribution in [0.4, 0.5) is 5.69 Å². The van der Waals surface area contributed by atoms with Crippen LogP contribution in [0.3, 0.4) is 0 Å². The van der Waals surface area contributed by atoms with Gasteiger partial charge in [-0.2, -0.15) is 5.10 Å². The lowest BCUT2D eigenvalue weighted by molar-refractivity contribution is -0.117. The van der Waals surface area contributed by atoms with Gasteiger partial charge in [0.2, 0.25) is 5.91 Å². The fourth-order valence-electron chi connectivity index (χ4n) is 1.91. The Labute approximate surface area is 128 Å². The van der Waals surface area contributed by atoms with Crippen LogP contribution in [0.1, 0.15) is 5.69 Å². The summed E-state index contributed by atoms with van der Waals surface area (Å²) in [5.74, 6) is 0.462. The number of rotatable bonds is 6. The normalized spacial score (nSPS) is 10.7. The van der Waals surface area contributed by atoms with E-state index in [0.29, 0.717) is 23.0 Å². The van der Waals surface area contributed by atoms with Crippen LogP contribution in [0.25, 0.3) is 0 Å². The molecule has 1 aromatic carbocycles.